The fraction of sp³-hybridized carbons (Fsp3) is 0.429. The summed E-state index contributed by atoms with van der Waals surface area (Å²) in [7, 11) is 1.76. The highest BCUT2D eigenvalue weighted by atomic mass is 16.4. The molecule has 4 nitrogen and oxygen atoms in total. The molecule has 18 heavy (non-hydrogen) atoms. The molecule has 4 heteroatoms. The second kappa shape index (κ2) is 3.34. The molecular weight excluding hydrogens is 230 g/mol. The van der Waals surface area contributed by atoms with Gasteiger partial charge in [-0.2, -0.15) is 0 Å². The highest BCUT2D eigenvalue weighted by molar-refractivity contribution is 6.04. The summed E-state index contributed by atoms with van der Waals surface area (Å²) in [5.41, 5.74) is 1.99. The maximum atomic E-state index is 11.9. The second-order valence-electron chi connectivity index (χ2n) is 5.28. The van der Waals surface area contributed by atoms with E-state index in [1.807, 2.05) is 25.1 Å². The molecule has 1 aliphatic heterocycles. The van der Waals surface area contributed by atoms with Crippen LogP contribution >= 0.6 is 0 Å². The van der Waals surface area contributed by atoms with Crippen LogP contribution in [0.5, 0.6) is 0 Å². The molecule has 0 aromatic heterocycles. The Bertz CT molecular complexity index is 560. The Morgan fingerprint density at radius 1 is 1.44 bits per heavy atom. The number of hydrogen-bond donors (Lipinski definition) is 1. The van der Waals surface area contributed by atoms with Gasteiger partial charge in [0.05, 0.1) is 11.3 Å². The van der Waals surface area contributed by atoms with Gasteiger partial charge in [0.15, 0.2) is 0 Å². The molecule has 2 aliphatic rings. The van der Waals surface area contributed by atoms with Gasteiger partial charge >= 0.3 is 5.97 Å². The first-order chi connectivity index (χ1) is 8.47. The summed E-state index contributed by atoms with van der Waals surface area (Å²) in [5.74, 6) is -0.857. The van der Waals surface area contributed by atoms with Crippen molar-refractivity contribution in [2.45, 2.75) is 31.1 Å². The zero-order valence-electron chi connectivity index (χ0n) is 10.4. The summed E-state index contributed by atoms with van der Waals surface area (Å²) in [6.07, 6.45) is 1.39. The number of carbonyl (C=O) groups excluding carboxylic acids is 1. The molecule has 1 heterocycles. The minimum absolute atomic E-state index is 0.0716. The predicted octanol–water partition coefficient (Wildman–Crippen LogP) is 1.88. The highest BCUT2D eigenvalue weighted by Crippen LogP contribution is 2.50. The standard InChI is InChI=1S/C14H15NO3/c1-8-10-7-9(14(5-6-14)13(17)18)3-4-11(10)15(2)12(8)16/h3-4,7-8H,5-6H2,1-2H3,(H,17,18). The molecule has 0 radical (unpaired) electrons. The van der Waals surface area contributed by atoms with Crippen LogP contribution in [0.4, 0.5) is 5.69 Å². The van der Waals surface area contributed by atoms with E-state index in [0.29, 0.717) is 12.8 Å². The monoisotopic (exact) mass is 245 g/mol. The lowest BCUT2D eigenvalue weighted by molar-refractivity contribution is -0.140. The largest absolute Gasteiger partial charge is 0.481 e. The lowest BCUT2D eigenvalue weighted by Gasteiger charge is -2.13. The second-order valence-corrected chi connectivity index (χ2v) is 5.28. The molecule has 1 fully saturated rings. The number of nitrogens with zero attached hydrogens (tertiary/aromatic N) is 1. The Morgan fingerprint density at radius 2 is 2.11 bits per heavy atom. The van der Waals surface area contributed by atoms with Gasteiger partial charge in [0.25, 0.3) is 0 Å². The molecule has 1 saturated carbocycles. The summed E-state index contributed by atoms with van der Waals surface area (Å²) in [6, 6.07) is 5.62. The van der Waals surface area contributed by atoms with Crippen molar-refractivity contribution in [3.63, 3.8) is 0 Å². The number of aliphatic carboxylic acids is 1. The smallest absolute Gasteiger partial charge is 0.314 e. The van der Waals surface area contributed by atoms with E-state index in [4.69, 9.17) is 0 Å². The van der Waals surface area contributed by atoms with Crippen LogP contribution in [0, 0.1) is 0 Å². The van der Waals surface area contributed by atoms with Crippen LogP contribution in [-0.2, 0) is 15.0 Å². The normalized spacial score (nSPS) is 24.0. The topological polar surface area (TPSA) is 57.6 Å². The van der Waals surface area contributed by atoms with Crippen LogP contribution < -0.4 is 4.90 Å². The number of amides is 1. The van der Waals surface area contributed by atoms with E-state index in [9.17, 15) is 14.7 Å². The van der Waals surface area contributed by atoms with Gasteiger partial charge in [-0.1, -0.05) is 12.1 Å². The minimum atomic E-state index is -0.757. The number of carboxylic acids is 1. The minimum Gasteiger partial charge on any atom is -0.481 e. The molecule has 0 spiro atoms. The van der Waals surface area contributed by atoms with Crippen LogP contribution in [0.15, 0.2) is 18.2 Å². The van der Waals surface area contributed by atoms with E-state index in [0.717, 1.165) is 16.8 Å². The summed E-state index contributed by atoms with van der Waals surface area (Å²) >= 11 is 0. The average molecular weight is 245 g/mol. The molecule has 1 N–H and O–H groups in total. The predicted molar refractivity (Wildman–Crippen MR) is 66.8 cm³/mol. The highest BCUT2D eigenvalue weighted by Gasteiger charge is 2.52. The van der Waals surface area contributed by atoms with Crippen molar-refractivity contribution >= 4 is 17.6 Å². The van der Waals surface area contributed by atoms with Gasteiger partial charge in [-0.25, -0.2) is 0 Å². The first-order valence-electron chi connectivity index (χ1n) is 6.13. The quantitative estimate of drug-likeness (QED) is 0.865. The SMILES string of the molecule is CC1C(=O)N(C)c2ccc(C3(C(=O)O)CC3)cc21. The molecule has 0 bridgehead atoms. The van der Waals surface area contributed by atoms with Crippen molar-refractivity contribution in [1.29, 1.82) is 0 Å². The zero-order valence-corrected chi connectivity index (χ0v) is 10.4. The van der Waals surface area contributed by atoms with Gasteiger partial charge in [0.2, 0.25) is 5.91 Å². The van der Waals surface area contributed by atoms with Gasteiger partial charge < -0.3 is 10.0 Å². The lowest BCUT2D eigenvalue weighted by atomic mass is 9.91. The Labute approximate surface area is 105 Å². The third-order valence-electron chi connectivity index (χ3n) is 4.27. The van der Waals surface area contributed by atoms with Crippen LogP contribution in [0.1, 0.15) is 36.8 Å². The van der Waals surface area contributed by atoms with Crippen molar-refractivity contribution in [1.82, 2.24) is 0 Å². The molecular formula is C14H15NO3. The molecule has 1 atom stereocenters. The van der Waals surface area contributed by atoms with Crippen molar-refractivity contribution in [2.75, 3.05) is 11.9 Å². The van der Waals surface area contributed by atoms with Gasteiger partial charge in [0, 0.05) is 12.7 Å². The number of anilines is 1. The number of rotatable bonds is 2. The zero-order chi connectivity index (χ0) is 13.1. The third kappa shape index (κ3) is 1.26. The Hall–Kier alpha value is -1.84. The van der Waals surface area contributed by atoms with Crippen molar-refractivity contribution in [2.24, 2.45) is 0 Å². The van der Waals surface area contributed by atoms with Crippen LogP contribution in [0.3, 0.4) is 0 Å². The van der Waals surface area contributed by atoms with Crippen LogP contribution in [0.2, 0.25) is 0 Å². The third-order valence-corrected chi connectivity index (χ3v) is 4.27. The maximum absolute atomic E-state index is 11.9. The molecule has 1 amide bonds. The summed E-state index contributed by atoms with van der Waals surface area (Å²) in [4.78, 5) is 24.8. The first-order valence-corrected chi connectivity index (χ1v) is 6.13. The number of hydrogen-bond acceptors (Lipinski definition) is 2. The Morgan fingerprint density at radius 3 is 2.67 bits per heavy atom. The number of benzene rings is 1. The number of fused-ring (bicyclic) bond motifs is 1. The van der Waals surface area contributed by atoms with Crippen LogP contribution in [0.25, 0.3) is 0 Å². The Kier molecular flexibility index (Phi) is 2.09. The lowest BCUT2D eigenvalue weighted by Crippen LogP contribution is -2.22. The molecule has 94 valence electrons. The van der Waals surface area contributed by atoms with Crippen LogP contribution in [-0.4, -0.2) is 24.0 Å². The van der Waals surface area contributed by atoms with E-state index in [-0.39, 0.29) is 11.8 Å². The Balaban J connectivity index is 2.09. The van der Waals surface area contributed by atoms with E-state index >= 15 is 0 Å². The van der Waals surface area contributed by atoms with E-state index < -0.39 is 11.4 Å². The number of carboxylic acid groups (broad SMARTS) is 1. The molecule has 1 unspecified atom stereocenters. The molecule has 3 rings (SSSR count). The van der Waals surface area contributed by atoms with E-state index in [1.165, 1.54) is 0 Å². The number of carbonyl (C=O) groups is 2. The fourth-order valence-corrected chi connectivity index (χ4v) is 2.80. The van der Waals surface area contributed by atoms with Crippen molar-refractivity contribution < 1.29 is 14.7 Å². The van der Waals surface area contributed by atoms with Gasteiger partial charge in [-0.15, -0.1) is 0 Å². The summed E-state index contributed by atoms with van der Waals surface area (Å²) in [5, 5.41) is 9.30. The first kappa shape index (κ1) is 11.3. The molecule has 1 aromatic rings. The fourth-order valence-electron chi connectivity index (χ4n) is 2.80. The van der Waals surface area contributed by atoms with E-state index in [2.05, 4.69) is 0 Å². The molecule has 0 saturated heterocycles. The van der Waals surface area contributed by atoms with E-state index in [1.54, 1.807) is 11.9 Å². The van der Waals surface area contributed by atoms with Gasteiger partial charge in [0.1, 0.15) is 0 Å². The molecule has 1 aliphatic carbocycles. The van der Waals surface area contributed by atoms with Crippen molar-refractivity contribution in [3.8, 4) is 0 Å². The van der Waals surface area contributed by atoms with Crippen molar-refractivity contribution in [3.05, 3.63) is 29.3 Å². The van der Waals surface area contributed by atoms with Gasteiger partial charge in [-0.3, -0.25) is 9.59 Å². The summed E-state index contributed by atoms with van der Waals surface area (Å²) in [6.45, 7) is 1.87. The van der Waals surface area contributed by atoms with Gasteiger partial charge in [-0.05, 0) is 37.0 Å². The average Bonchev–Trinajstić information content (AvgIpc) is 3.13. The molecule has 1 aromatic carbocycles. The summed E-state index contributed by atoms with van der Waals surface area (Å²) < 4.78 is 0. The number of likely N-dealkylation sites (N-methyl/N-ethyl adjacent to an activating group) is 1. The maximum Gasteiger partial charge on any atom is 0.314 e.